The summed E-state index contributed by atoms with van der Waals surface area (Å²) < 4.78 is 5.00. The smallest absolute Gasteiger partial charge is 0.257 e. The molecule has 0 amide bonds. The molecule has 88 valence electrons. The molecule has 0 saturated carbocycles. The van der Waals surface area contributed by atoms with Crippen LogP contribution in [0.15, 0.2) is 24.4 Å². The molecule has 1 aromatic carbocycles. The maximum Gasteiger partial charge on any atom is 0.257 e. The van der Waals surface area contributed by atoms with Crippen LogP contribution in [0.1, 0.15) is 0 Å². The average molecular weight is 270 g/mol. The summed E-state index contributed by atoms with van der Waals surface area (Å²) in [6.07, 6.45) is 1.54. The molecule has 0 bridgehead atoms. The molecule has 4 nitrogen and oxygen atoms in total. The fourth-order valence-corrected chi connectivity index (χ4v) is 1.90. The summed E-state index contributed by atoms with van der Waals surface area (Å²) in [6.45, 7) is 0. The van der Waals surface area contributed by atoms with Gasteiger partial charge in [0.25, 0.3) is 5.88 Å². The molecule has 0 aliphatic heterocycles. The van der Waals surface area contributed by atoms with Crippen LogP contribution >= 0.6 is 23.2 Å². The van der Waals surface area contributed by atoms with Crippen molar-refractivity contribution < 1.29 is 4.74 Å². The van der Waals surface area contributed by atoms with Crippen LogP contribution in [0.3, 0.4) is 0 Å². The number of rotatable bonds is 2. The second-order valence-corrected chi connectivity index (χ2v) is 4.18. The highest BCUT2D eigenvalue weighted by molar-refractivity contribution is 6.35. The molecule has 17 heavy (non-hydrogen) atoms. The number of hydrogen-bond donors (Lipinski definition) is 1. The lowest BCUT2D eigenvalue weighted by molar-refractivity contribution is 0.399. The van der Waals surface area contributed by atoms with Crippen molar-refractivity contribution in [2.75, 3.05) is 12.8 Å². The highest BCUT2D eigenvalue weighted by Crippen LogP contribution is 2.27. The summed E-state index contributed by atoms with van der Waals surface area (Å²) in [6, 6.07) is 5.13. The number of hydrogen-bond acceptors (Lipinski definition) is 4. The number of nitrogen functional groups attached to an aromatic ring is 1. The minimum absolute atomic E-state index is 0.240. The number of ether oxygens (including phenoxy) is 1. The predicted octanol–water partition coefficient (Wildman–Crippen LogP) is 3.04. The van der Waals surface area contributed by atoms with E-state index >= 15 is 0 Å². The second-order valence-electron chi connectivity index (χ2n) is 3.31. The first kappa shape index (κ1) is 12.0. The molecule has 0 atom stereocenters. The summed E-state index contributed by atoms with van der Waals surface area (Å²) in [5.74, 6) is 0.517. The van der Waals surface area contributed by atoms with Crippen molar-refractivity contribution in [3.05, 3.63) is 34.4 Å². The van der Waals surface area contributed by atoms with Crippen molar-refractivity contribution in [2.24, 2.45) is 0 Å². The predicted molar refractivity (Wildman–Crippen MR) is 68.5 cm³/mol. The van der Waals surface area contributed by atoms with Gasteiger partial charge in [-0.05, 0) is 18.2 Å². The molecule has 6 heteroatoms. The molecule has 0 spiro atoms. The van der Waals surface area contributed by atoms with Crippen LogP contribution in [-0.2, 0) is 0 Å². The standard InChI is InChI=1S/C11H9Cl2N3O/c1-17-11-10(14)15-5-9(16-11)6-2-7(12)4-8(13)3-6/h2-5H,1H3,(H2,14,15). The highest BCUT2D eigenvalue weighted by Gasteiger charge is 2.08. The van der Waals surface area contributed by atoms with E-state index in [2.05, 4.69) is 9.97 Å². The van der Waals surface area contributed by atoms with Crippen molar-refractivity contribution in [2.45, 2.75) is 0 Å². The first-order valence-corrected chi connectivity index (χ1v) is 5.48. The van der Waals surface area contributed by atoms with E-state index in [0.29, 0.717) is 15.7 Å². The fraction of sp³-hybridized carbons (Fsp3) is 0.0909. The number of benzene rings is 1. The number of aromatic nitrogens is 2. The fourth-order valence-electron chi connectivity index (χ4n) is 1.37. The summed E-state index contributed by atoms with van der Waals surface area (Å²) in [5, 5.41) is 1.06. The zero-order chi connectivity index (χ0) is 12.4. The number of halogens is 2. The molecule has 0 saturated heterocycles. The van der Waals surface area contributed by atoms with Gasteiger partial charge in [0.1, 0.15) is 0 Å². The zero-order valence-electron chi connectivity index (χ0n) is 8.95. The third-order valence-electron chi connectivity index (χ3n) is 2.12. The minimum Gasteiger partial charge on any atom is -0.478 e. The van der Waals surface area contributed by atoms with E-state index in [1.807, 2.05) is 0 Å². The van der Waals surface area contributed by atoms with Crippen LogP contribution in [0.5, 0.6) is 5.88 Å². The van der Waals surface area contributed by atoms with E-state index < -0.39 is 0 Å². The Balaban J connectivity index is 2.52. The topological polar surface area (TPSA) is 61.0 Å². The van der Waals surface area contributed by atoms with Crippen molar-refractivity contribution in [1.82, 2.24) is 9.97 Å². The number of anilines is 1. The Labute approximate surface area is 108 Å². The van der Waals surface area contributed by atoms with Crippen LogP contribution in [-0.4, -0.2) is 17.1 Å². The Kier molecular flexibility index (Phi) is 3.36. The summed E-state index contributed by atoms with van der Waals surface area (Å²) >= 11 is 11.8. The van der Waals surface area contributed by atoms with Crippen molar-refractivity contribution in [3.8, 4) is 17.1 Å². The Bertz CT molecular complexity index is 540. The van der Waals surface area contributed by atoms with Crippen molar-refractivity contribution in [1.29, 1.82) is 0 Å². The van der Waals surface area contributed by atoms with Gasteiger partial charge in [0.05, 0.1) is 19.0 Å². The van der Waals surface area contributed by atoms with Crippen LogP contribution < -0.4 is 10.5 Å². The molecule has 0 aliphatic carbocycles. The molecular formula is C11H9Cl2N3O. The summed E-state index contributed by atoms with van der Waals surface area (Å²) in [7, 11) is 1.48. The SMILES string of the molecule is COc1nc(-c2cc(Cl)cc(Cl)c2)cnc1N. The monoisotopic (exact) mass is 269 g/mol. The lowest BCUT2D eigenvalue weighted by atomic mass is 10.1. The Morgan fingerprint density at radius 3 is 2.41 bits per heavy atom. The van der Waals surface area contributed by atoms with Gasteiger partial charge in [-0.3, -0.25) is 0 Å². The van der Waals surface area contributed by atoms with Crippen LogP contribution in [0.25, 0.3) is 11.3 Å². The van der Waals surface area contributed by atoms with Crippen molar-refractivity contribution in [3.63, 3.8) is 0 Å². The molecule has 2 rings (SSSR count). The molecule has 2 N–H and O–H groups in total. The second kappa shape index (κ2) is 4.77. The lowest BCUT2D eigenvalue weighted by Gasteiger charge is -2.06. The molecule has 2 aromatic rings. The first-order valence-electron chi connectivity index (χ1n) is 4.73. The van der Waals surface area contributed by atoms with E-state index in [-0.39, 0.29) is 11.7 Å². The average Bonchev–Trinajstić information content (AvgIpc) is 2.28. The van der Waals surface area contributed by atoms with Gasteiger partial charge < -0.3 is 10.5 Å². The van der Waals surface area contributed by atoms with Crippen molar-refractivity contribution >= 4 is 29.0 Å². The minimum atomic E-state index is 0.240. The summed E-state index contributed by atoms with van der Waals surface area (Å²) in [4.78, 5) is 8.21. The third kappa shape index (κ3) is 2.60. The highest BCUT2D eigenvalue weighted by atomic mass is 35.5. The maximum atomic E-state index is 5.92. The molecule has 0 fully saturated rings. The Morgan fingerprint density at radius 1 is 1.18 bits per heavy atom. The van der Waals surface area contributed by atoms with E-state index in [1.165, 1.54) is 7.11 Å². The quantitative estimate of drug-likeness (QED) is 0.911. The number of nitrogens with zero attached hydrogens (tertiary/aromatic N) is 2. The van der Waals surface area contributed by atoms with Gasteiger partial charge >= 0.3 is 0 Å². The molecule has 1 heterocycles. The van der Waals surface area contributed by atoms with Gasteiger partial charge in [-0.25, -0.2) is 9.97 Å². The number of methoxy groups -OCH3 is 1. The largest absolute Gasteiger partial charge is 0.478 e. The van der Waals surface area contributed by atoms with E-state index in [9.17, 15) is 0 Å². The van der Waals surface area contributed by atoms with Crippen LogP contribution in [0.4, 0.5) is 5.82 Å². The van der Waals surface area contributed by atoms with Crippen LogP contribution in [0, 0.1) is 0 Å². The lowest BCUT2D eigenvalue weighted by Crippen LogP contribution is -1.99. The normalized spacial score (nSPS) is 10.3. The Hall–Kier alpha value is -1.52. The van der Waals surface area contributed by atoms with E-state index in [0.717, 1.165) is 5.56 Å². The van der Waals surface area contributed by atoms with E-state index in [4.69, 9.17) is 33.7 Å². The summed E-state index contributed by atoms with van der Waals surface area (Å²) in [5.41, 5.74) is 6.94. The number of nitrogens with two attached hydrogens (primary N) is 1. The molecule has 0 aliphatic rings. The van der Waals surface area contributed by atoms with Gasteiger partial charge in [0, 0.05) is 15.6 Å². The molecular weight excluding hydrogens is 261 g/mol. The molecule has 0 unspecified atom stereocenters. The van der Waals surface area contributed by atoms with Gasteiger partial charge in [-0.1, -0.05) is 23.2 Å². The Morgan fingerprint density at radius 2 is 1.82 bits per heavy atom. The molecule has 0 radical (unpaired) electrons. The van der Waals surface area contributed by atoms with Gasteiger partial charge in [-0.15, -0.1) is 0 Å². The van der Waals surface area contributed by atoms with E-state index in [1.54, 1.807) is 24.4 Å². The maximum absolute atomic E-state index is 5.92. The van der Waals surface area contributed by atoms with Gasteiger partial charge in [0.15, 0.2) is 5.82 Å². The zero-order valence-corrected chi connectivity index (χ0v) is 10.5. The van der Waals surface area contributed by atoms with Gasteiger partial charge in [-0.2, -0.15) is 0 Å². The van der Waals surface area contributed by atoms with Crippen LogP contribution in [0.2, 0.25) is 10.0 Å². The first-order chi connectivity index (χ1) is 8.10. The molecule has 1 aromatic heterocycles. The third-order valence-corrected chi connectivity index (χ3v) is 2.56. The van der Waals surface area contributed by atoms with Gasteiger partial charge in [0.2, 0.25) is 0 Å².